The van der Waals surface area contributed by atoms with Crippen molar-refractivity contribution < 1.29 is 34.0 Å². The minimum absolute atomic E-state index is 0.0140. The molecule has 0 bridgehead atoms. The Balaban J connectivity index is 1.73. The van der Waals surface area contributed by atoms with Crippen LogP contribution in [0.3, 0.4) is 0 Å². The van der Waals surface area contributed by atoms with Crippen molar-refractivity contribution in [1.29, 1.82) is 0 Å². The summed E-state index contributed by atoms with van der Waals surface area (Å²) in [7, 11) is 0. The largest absolute Gasteiger partial charge is 0.507 e. The fourth-order valence-electron chi connectivity index (χ4n) is 4.52. The summed E-state index contributed by atoms with van der Waals surface area (Å²) in [6.07, 6.45) is 1.63. The van der Waals surface area contributed by atoms with Gasteiger partial charge in [0.25, 0.3) is 11.7 Å². The molecule has 0 aliphatic carbocycles. The molecule has 196 valence electrons. The molecule has 9 heteroatoms. The Morgan fingerprint density at radius 2 is 1.84 bits per heavy atom. The summed E-state index contributed by atoms with van der Waals surface area (Å²) in [5.74, 6) is -0.954. The lowest BCUT2D eigenvalue weighted by Crippen LogP contribution is -2.42. The highest BCUT2D eigenvalue weighted by molar-refractivity contribution is 6.46. The third-order valence-corrected chi connectivity index (χ3v) is 6.40. The van der Waals surface area contributed by atoms with Crippen LogP contribution < -0.4 is 9.47 Å². The summed E-state index contributed by atoms with van der Waals surface area (Å²) in [4.78, 5) is 30.2. The molecule has 0 radical (unpaired) electrons. The van der Waals surface area contributed by atoms with Crippen molar-refractivity contribution in [2.24, 2.45) is 0 Å². The van der Waals surface area contributed by atoms with Crippen LogP contribution in [-0.4, -0.2) is 84.3 Å². The Morgan fingerprint density at radius 1 is 1.11 bits per heavy atom. The number of aliphatic hydroxyl groups is 1. The van der Waals surface area contributed by atoms with Crippen LogP contribution in [-0.2, 0) is 14.3 Å². The predicted molar refractivity (Wildman–Crippen MR) is 138 cm³/mol. The van der Waals surface area contributed by atoms with Gasteiger partial charge in [-0.2, -0.15) is 0 Å². The Hall–Kier alpha value is -3.82. The first-order valence-electron chi connectivity index (χ1n) is 12.3. The highest BCUT2D eigenvalue weighted by Gasteiger charge is 2.46. The number of amides is 1. The molecule has 0 aromatic heterocycles. The first kappa shape index (κ1) is 26.2. The van der Waals surface area contributed by atoms with Crippen molar-refractivity contribution in [2.75, 3.05) is 52.6 Å². The molecule has 2 N–H and O–H groups in total. The van der Waals surface area contributed by atoms with Crippen LogP contribution in [0.4, 0.5) is 0 Å². The second-order valence-corrected chi connectivity index (χ2v) is 8.73. The number of carbonyl (C=O) groups is 2. The maximum atomic E-state index is 13.3. The number of likely N-dealkylation sites (tertiary alicyclic amines) is 1. The maximum Gasteiger partial charge on any atom is 0.295 e. The smallest absolute Gasteiger partial charge is 0.295 e. The number of Topliss-reactive ketones (excluding diaryl/α,β-unsaturated/α-hetero) is 1. The summed E-state index contributed by atoms with van der Waals surface area (Å²) in [6.45, 7) is 9.63. The zero-order valence-corrected chi connectivity index (χ0v) is 20.9. The highest BCUT2D eigenvalue weighted by atomic mass is 16.5. The quantitative estimate of drug-likeness (QED) is 0.218. The standard InChI is InChI=1S/C28H32N2O7/c1-3-15-37-21-8-5-19(6-9-21)26(32)24-25(20-7-10-22(31)23(18-20)36-4-2)30(28(34)27(24)33)12-11-29-13-16-35-17-14-29/h3,5-10,18,25,31-32H,1,4,11-17H2,2H3/b26-24+. The van der Waals surface area contributed by atoms with Gasteiger partial charge >= 0.3 is 0 Å². The molecule has 2 fully saturated rings. The topological polar surface area (TPSA) is 109 Å². The average Bonchev–Trinajstić information content (AvgIpc) is 3.17. The van der Waals surface area contributed by atoms with Crippen LogP contribution in [0.25, 0.3) is 5.76 Å². The van der Waals surface area contributed by atoms with Crippen LogP contribution >= 0.6 is 0 Å². The Kier molecular flexibility index (Phi) is 8.47. The van der Waals surface area contributed by atoms with Gasteiger partial charge in [0.2, 0.25) is 0 Å². The molecule has 1 amide bonds. The van der Waals surface area contributed by atoms with E-state index in [4.69, 9.17) is 14.2 Å². The van der Waals surface area contributed by atoms with Crippen molar-refractivity contribution in [3.05, 3.63) is 71.8 Å². The molecule has 2 aromatic carbocycles. The van der Waals surface area contributed by atoms with E-state index in [0.717, 1.165) is 13.1 Å². The van der Waals surface area contributed by atoms with E-state index in [0.29, 0.717) is 49.8 Å². The van der Waals surface area contributed by atoms with Gasteiger partial charge in [-0.05, 0) is 48.9 Å². The number of ketones is 1. The van der Waals surface area contributed by atoms with Crippen molar-refractivity contribution in [3.8, 4) is 17.2 Å². The lowest BCUT2D eigenvalue weighted by molar-refractivity contribution is -0.140. The van der Waals surface area contributed by atoms with Crippen LogP contribution in [0.5, 0.6) is 17.2 Å². The molecule has 2 aliphatic heterocycles. The van der Waals surface area contributed by atoms with E-state index >= 15 is 0 Å². The van der Waals surface area contributed by atoms with Gasteiger partial charge in [0.1, 0.15) is 18.1 Å². The Labute approximate surface area is 216 Å². The third kappa shape index (κ3) is 5.79. The van der Waals surface area contributed by atoms with Gasteiger partial charge in [-0.3, -0.25) is 14.5 Å². The maximum absolute atomic E-state index is 13.3. The minimum atomic E-state index is -0.850. The predicted octanol–water partition coefficient (Wildman–Crippen LogP) is 3.11. The van der Waals surface area contributed by atoms with Crippen LogP contribution in [0.15, 0.2) is 60.7 Å². The van der Waals surface area contributed by atoms with Gasteiger partial charge in [0.15, 0.2) is 11.5 Å². The summed E-state index contributed by atoms with van der Waals surface area (Å²) in [5, 5.41) is 21.5. The van der Waals surface area contributed by atoms with Crippen LogP contribution in [0, 0.1) is 0 Å². The summed E-state index contributed by atoms with van der Waals surface area (Å²) in [5.41, 5.74) is 0.917. The number of aliphatic hydroxyl groups excluding tert-OH is 1. The number of benzene rings is 2. The molecule has 0 saturated carbocycles. The second kappa shape index (κ2) is 11.9. The molecule has 4 rings (SSSR count). The van der Waals surface area contributed by atoms with E-state index in [1.54, 1.807) is 49.4 Å². The molecule has 2 saturated heterocycles. The normalized spacial score (nSPS) is 19.7. The average molecular weight is 509 g/mol. The molecular weight excluding hydrogens is 476 g/mol. The van der Waals surface area contributed by atoms with E-state index in [2.05, 4.69) is 11.5 Å². The Bertz CT molecular complexity index is 1170. The van der Waals surface area contributed by atoms with Crippen molar-refractivity contribution in [3.63, 3.8) is 0 Å². The molecule has 2 aromatic rings. The fourth-order valence-corrected chi connectivity index (χ4v) is 4.52. The summed E-state index contributed by atoms with van der Waals surface area (Å²) >= 11 is 0. The minimum Gasteiger partial charge on any atom is -0.507 e. The molecule has 2 aliphatic rings. The molecule has 1 atom stereocenters. The molecule has 0 spiro atoms. The number of morpholine rings is 1. The van der Waals surface area contributed by atoms with Crippen molar-refractivity contribution >= 4 is 17.4 Å². The van der Waals surface area contributed by atoms with E-state index in [9.17, 15) is 19.8 Å². The number of aromatic hydroxyl groups is 1. The summed E-state index contributed by atoms with van der Waals surface area (Å²) in [6, 6.07) is 10.5. The van der Waals surface area contributed by atoms with Gasteiger partial charge in [0, 0.05) is 31.7 Å². The van der Waals surface area contributed by atoms with E-state index in [1.165, 1.54) is 11.0 Å². The molecule has 9 nitrogen and oxygen atoms in total. The number of rotatable bonds is 10. The molecule has 37 heavy (non-hydrogen) atoms. The number of hydrogen-bond donors (Lipinski definition) is 2. The van der Waals surface area contributed by atoms with Crippen LogP contribution in [0.1, 0.15) is 24.1 Å². The second-order valence-electron chi connectivity index (χ2n) is 8.73. The van der Waals surface area contributed by atoms with Gasteiger partial charge in [-0.25, -0.2) is 0 Å². The number of phenolic OH excluding ortho intramolecular Hbond substituents is 1. The Morgan fingerprint density at radius 3 is 2.51 bits per heavy atom. The number of carbonyl (C=O) groups excluding carboxylic acids is 2. The van der Waals surface area contributed by atoms with Crippen molar-refractivity contribution in [1.82, 2.24) is 9.80 Å². The zero-order chi connectivity index (χ0) is 26.4. The zero-order valence-electron chi connectivity index (χ0n) is 20.9. The van der Waals surface area contributed by atoms with E-state index in [-0.39, 0.29) is 29.4 Å². The van der Waals surface area contributed by atoms with E-state index < -0.39 is 17.7 Å². The SMILES string of the molecule is C=CCOc1ccc(/C(O)=C2\C(=O)C(=O)N(CCN3CCOCC3)C2c2ccc(O)c(OCC)c2)cc1. The first-order chi connectivity index (χ1) is 17.9. The number of ether oxygens (including phenoxy) is 3. The van der Waals surface area contributed by atoms with Gasteiger partial charge in [0.05, 0.1) is 31.4 Å². The van der Waals surface area contributed by atoms with Gasteiger partial charge in [-0.1, -0.05) is 18.7 Å². The number of nitrogens with zero attached hydrogens (tertiary/aromatic N) is 2. The van der Waals surface area contributed by atoms with Gasteiger partial charge in [-0.15, -0.1) is 0 Å². The number of hydrogen-bond acceptors (Lipinski definition) is 8. The first-order valence-corrected chi connectivity index (χ1v) is 12.3. The van der Waals surface area contributed by atoms with Crippen molar-refractivity contribution in [2.45, 2.75) is 13.0 Å². The molecule has 1 unspecified atom stereocenters. The lowest BCUT2D eigenvalue weighted by atomic mass is 9.95. The molecular formula is C28H32N2O7. The van der Waals surface area contributed by atoms with Crippen LogP contribution in [0.2, 0.25) is 0 Å². The molecule has 2 heterocycles. The fraction of sp³-hybridized carbons (Fsp3) is 0.357. The lowest BCUT2D eigenvalue weighted by Gasteiger charge is -2.31. The third-order valence-electron chi connectivity index (χ3n) is 6.40. The van der Waals surface area contributed by atoms with Gasteiger partial charge < -0.3 is 29.3 Å². The monoisotopic (exact) mass is 508 g/mol. The number of phenols is 1. The summed E-state index contributed by atoms with van der Waals surface area (Å²) < 4.78 is 16.5. The highest BCUT2D eigenvalue weighted by Crippen LogP contribution is 2.41. The van der Waals surface area contributed by atoms with E-state index in [1.807, 2.05) is 0 Å².